The molecule has 0 unspecified atom stereocenters. The lowest BCUT2D eigenvalue weighted by molar-refractivity contribution is -0.138. The number of hydrogen-bond acceptors (Lipinski definition) is 6. The van der Waals surface area contributed by atoms with Gasteiger partial charge >= 0.3 is 5.97 Å². The number of para-hydroxylation sites is 2. The third-order valence-electron chi connectivity index (χ3n) is 7.30. The summed E-state index contributed by atoms with van der Waals surface area (Å²) in [4.78, 5) is 33.3. The highest BCUT2D eigenvalue weighted by atomic mass is 32.2. The van der Waals surface area contributed by atoms with E-state index in [1.807, 2.05) is 64.2 Å². The number of likely N-dealkylation sites (tertiary alicyclic amines) is 1. The fourth-order valence-corrected chi connectivity index (χ4v) is 6.34. The first-order chi connectivity index (χ1) is 19.5. The summed E-state index contributed by atoms with van der Waals surface area (Å²) in [5, 5.41) is 12.6. The monoisotopic (exact) mass is 557 g/mol. The third kappa shape index (κ3) is 5.87. The maximum atomic E-state index is 13.3. The fraction of sp³-hybridized carbons (Fsp3) is 0.344. The number of esters is 1. The molecule has 208 valence electrons. The summed E-state index contributed by atoms with van der Waals surface area (Å²) in [6.07, 6.45) is 9.13. The number of thioether (sulfide) groups is 1. The van der Waals surface area contributed by atoms with Crippen LogP contribution in [0.5, 0.6) is 0 Å². The topological polar surface area (TPSA) is 84.1 Å². The van der Waals surface area contributed by atoms with Gasteiger partial charge < -0.3 is 19.3 Å². The fourth-order valence-electron chi connectivity index (χ4n) is 5.31. The largest absolute Gasteiger partial charge is 0.506 e. The number of aryl methyl sites for hydroxylation is 1. The smallest absolute Gasteiger partial charge is 0.344 e. The van der Waals surface area contributed by atoms with Crippen molar-refractivity contribution in [1.29, 1.82) is 0 Å². The Morgan fingerprint density at radius 2 is 1.77 bits per heavy atom. The van der Waals surface area contributed by atoms with Crippen LogP contribution in [0.1, 0.15) is 50.7 Å². The Balaban J connectivity index is 1.55. The Morgan fingerprint density at radius 1 is 1.02 bits per heavy atom. The summed E-state index contributed by atoms with van der Waals surface area (Å²) in [5.74, 6) is -0.626. The number of carbonyl (C=O) groups is 2. The number of benzene rings is 2. The van der Waals surface area contributed by atoms with Gasteiger partial charge in [0.05, 0.1) is 22.7 Å². The molecule has 0 saturated carbocycles. The van der Waals surface area contributed by atoms with E-state index in [2.05, 4.69) is 18.0 Å². The molecule has 3 aromatic rings. The van der Waals surface area contributed by atoms with Gasteiger partial charge in [0.2, 0.25) is 5.91 Å². The predicted molar refractivity (Wildman–Crippen MR) is 162 cm³/mol. The minimum Gasteiger partial charge on any atom is -0.506 e. The summed E-state index contributed by atoms with van der Waals surface area (Å²) >= 11 is 1.24. The van der Waals surface area contributed by atoms with Crippen molar-refractivity contribution in [3.05, 3.63) is 82.1 Å². The van der Waals surface area contributed by atoms with E-state index >= 15 is 0 Å². The molecule has 0 spiro atoms. The van der Waals surface area contributed by atoms with Crippen molar-refractivity contribution in [2.75, 3.05) is 19.7 Å². The summed E-state index contributed by atoms with van der Waals surface area (Å²) in [5.41, 5.74) is 3.79. The van der Waals surface area contributed by atoms with Crippen LogP contribution in [0.2, 0.25) is 0 Å². The van der Waals surface area contributed by atoms with Crippen LogP contribution in [0.3, 0.4) is 0 Å². The SMILES string of the molecule is CCOC(=O)C1=C(O)/C(=C/c2cn(CC(=O)N3CCCCCC3)c3c(CC)cccc23)SC1=Nc1ccccc1. The lowest BCUT2D eigenvalue weighted by Gasteiger charge is -2.21. The molecule has 5 rings (SSSR count). The van der Waals surface area contributed by atoms with Gasteiger partial charge in [-0.15, -0.1) is 0 Å². The molecule has 0 aliphatic carbocycles. The number of hydrogen-bond donors (Lipinski definition) is 1. The standard InChI is InChI=1S/C32H35N3O4S/c1-3-22-13-12-16-25-23(20-35(29(22)25)21-27(36)34-17-10-5-6-11-18-34)19-26-30(37)28(32(38)39-4-2)31(40-26)33-24-14-8-7-9-15-24/h7-9,12-16,19-20,37H,3-6,10-11,17-18,21H2,1-2H3/b26-19-,33-31?. The molecule has 2 aliphatic heterocycles. The lowest BCUT2D eigenvalue weighted by Crippen LogP contribution is -2.34. The van der Waals surface area contributed by atoms with Crippen molar-refractivity contribution in [3.63, 3.8) is 0 Å². The molecule has 0 bridgehead atoms. The number of aromatic nitrogens is 1. The van der Waals surface area contributed by atoms with Gasteiger partial charge in [-0.25, -0.2) is 9.79 Å². The molecule has 7 nitrogen and oxygen atoms in total. The zero-order valence-electron chi connectivity index (χ0n) is 23.1. The molecule has 2 aromatic carbocycles. The number of amides is 1. The van der Waals surface area contributed by atoms with E-state index in [0.29, 0.717) is 15.6 Å². The Hall–Kier alpha value is -3.78. The first kappa shape index (κ1) is 27.8. The summed E-state index contributed by atoms with van der Waals surface area (Å²) < 4.78 is 7.29. The van der Waals surface area contributed by atoms with Gasteiger partial charge in [0.15, 0.2) is 0 Å². The first-order valence-corrected chi connectivity index (χ1v) is 14.8. The maximum absolute atomic E-state index is 13.3. The van der Waals surface area contributed by atoms with Crippen LogP contribution in [0.4, 0.5) is 5.69 Å². The van der Waals surface area contributed by atoms with E-state index in [0.717, 1.165) is 54.4 Å². The van der Waals surface area contributed by atoms with Crippen LogP contribution < -0.4 is 0 Å². The third-order valence-corrected chi connectivity index (χ3v) is 8.32. The molecule has 3 heterocycles. The zero-order chi connectivity index (χ0) is 28.1. The van der Waals surface area contributed by atoms with Crippen molar-refractivity contribution in [3.8, 4) is 0 Å². The van der Waals surface area contributed by atoms with Crippen molar-refractivity contribution in [2.45, 2.75) is 52.5 Å². The molecule has 1 N–H and O–H groups in total. The summed E-state index contributed by atoms with van der Waals surface area (Å²) in [6.45, 7) is 5.92. The Morgan fingerprint density at radius 3 is 2.48 bits per heavy atom. The number of rotatable bonds is 7. The molecule has 1 fully saturated rings. The van der Waals surface area contributed by atoms with Crippen LogP contribution in [-0.2, 0) is 27.3 Å². The number of aliphatic hydroxyl groups excluding tert-OH is 1. The quantitative estimate of drug-likeness (QED) is 0.323. The van der Waals surface area contributed by atoms with Gasteiger partial charge in [0, 0.05) is 30.2 Å². The molecule has 2 aliphatic rings. The molecule has 1 aromatic heterocycles. The Bertz CT molecular complexity index is 1500. The van der Waals surface area contributed by atoms with E-state index in [-0.39, 0.29) is 30.4 Å². The Kier molecular flexibility index (Phi) is 8.75. The van der Waals surface area contributed by atoms with E-state index in [9.17, 15) is 14.7 Å². The highest BCUT2D eigenvalue weighted by molar-refractivity contribution is 8.18. The van der Waals surface area contributed by atoms with Gasteiger partial charge in [0.1, 0.15) is 22.9 Å². The number of fused-ring (bicyclic) bond motifs is 1. The van der Waals surface area contributed by atoms with Gasteiger partial charge in [0.25, 0.3) is 0 Å². The van der Waals surface area contributed by atoms with Crippen molar-refractivity contribution in [1.82, 2.24) is 9.47 Å². The molecule has 0 radical (unpaired) electrons. The molecular formula is C32H35N3O4S. The predicted octanol–water partition coefficient (Wildman–Crippen LogP) is 6.80. The van der Waals surface area contributed by atoms with Crippen molar-refractivity contribution >= 4 is 51.3 Å². The minimum absolute atomic E-state index is 0.0660. The molecule has 1 amide bonds. The van der Waals surface area contributed by atoms with Crippen molar-refractivity contribution < 1.29 is 19.4 Å². The second-order valence-electron chi connectivity index (χ2n) is 9.98. The number of aliphatic imine (C=N–C) groups is 1. The van der Waals surface area contributed by atoms with Crippen LogP contribution in [-0.4, -0.2) is 51.2 Å². The zero-order valence-corrected chi connectivity index (χ0v) is 23.9. The molecule has 1 saturated heterocycles. The number of nitrogens with zero attached hydrogens (tertiary/aromatic N) is 3. The summed E-state index contributed by atoms with van der Waals surface area (Å²) in [6, 6.07) is 15.5. The van der Waals surface area contributed by atoms with Crippen LogP contribution in [0.25, 0.3) is 17.0 Å². The van der Waals surface area contributed by atoms with Gasteiger partial charge in [-0.2, -0.15) is 0 Å². The van der Waals surface area contributed by atoms with Gasteiger partial charge in [-0.3, -0.25) is 4.79 Å². The average molecular weight is 558 g/mol. The number of ether oxygens (including phenoxy) is 1. The van der Waals surface area contributed by atoms with E-state index in [1.54, 1.807) is 6.92 Å². The molecule has 0 atom stereocenters. The highest BCUT2D eigenvalue weighted by Gasteiger charge is 2.33. The van der Waals surface area contributed by atoms with Crippen LogP contribution in [0, 0.1) is 0 Å². The Labute approximate surface area is 239 Å². The molecule has 40 heavy (non-hydrogen) atoms. The average Bonchev–Trinajstić information content (AvgIpc) is 3.30. The molecule has 8 heteroatoms. The van der Waals surface area contributed by atoms with Crippen LogP contribution >= 0.6 is 11.8 Å². The van der Waals surface area contributed by atoms with Crippen molar-refractivity contribution in [2.24, 2.45) is 4.99 Å². The first-order valence-electron chi connectivity index (χ1n) is 14.0. The second kappa shape index (κ2) is 12.6. The number of aliphatic hydroxyl groups is 1. The highest BCUT2D eigenvalue weighted by Crippen LogP contribution is 2.41. The molecular weight excluding hydrogens is 522 g/mol. The number of carbonyl (C=O) groups excluding carboxylic acids is 2. The van der Waals surface area contributed by atoms with Gasteiger partial charge in [-0.1, -0.05) is 67.9 Å². The van der Waals surface area contributed by atoms with E-state index in [1.165, 1.54) is 24.6 Å². The second-order valence-corrected chi connectivity index (χ2v) is 11.0. The van der Waals surface area contributed by atoms with E-state index in [4.69, 9.17) is 4.74 Å². The lowest BCUT2D eigenvalue weighted by atomic mass is 10.1. The minimum atomic E-state index is -0.607. The van der Waals surface area contributed by atoms with Crippen LogP contribution in [0.15, 0.2) is 76.0 Å². The van der Waals surface area contributed by atoms with E-state index < -0.39 is 5.97 Å². The normalized spacial score (nSPS) is 18.1. The maximum Gasteiger partial charge on any atom is 0.344 e. The van der Waals surface area contributed by atoms with Gasteiger partial charge in [-0.05, 0) is 50.0 Å². The summed E-state index contributed by atoms with van der Waals surface area (Å²) in [7, 11) is 0.